The van der Waals surface area contributed by atoms with Crippen LogP contribution in [0.2, 0.25) is 0 Å². The summed E-state index contributed by atoms with van der Waals surface area (Å²) >= 11 is 0. The van der Waals surface area contributed by atoms with Crippen LogP contribution < -0.4 is 0 Å². The number of hydrogen-bond acceptors (Lipinski definition) is 3. The van der Waals surface area contributed by atoms with Crippen LogP contribution >= 0.6 is 0 Å². The number of Topliss-reactive ketones (excluding diaryl/α,β-unsaturated/α-hetero) is 1. The van der Waals surface area contributed by atoms with E-state index in [0.717, 1.165) is 7.11 Å². The quantitative estimate of drug-likeness (QED) is 0.603. The Labute approximate surface area is 97.2 Å². The van der Waals surface area contributed by atoms with E-state index in [0.29, 0.717) is 11.4 Å². The maximum absolute atomic E-state index is 12.5. The first-order valence-corrected chi connectivity index (χ1v) is 4.89. The fourth-order valence-corrected chi connectivity index (χ4v) is 1.71. The average molecular weight is 245 g/mol. The molecular formula is C11H13F2NO3. The summed E-state index contributed by atoms with van der Waals surface area (Å²) in [5.41, 5.74) is 0.413. The summed E-state index contributed by atoms with van der Waals surface area (Å²) in [4.78, 5) is 22.9. The lowest BCUT2D eigenvalue weighted by molar-refractivity contribution is 0.0585. The summed E-state index contributed by atoms with van der Waals surface area (Å²) < 4.78 is 31.0. The second-order valence-corrected chi connectivity index (χ2v) is 3.64. The van der Waals surface area contributed by atoms with Crippen molar-refractivity contribution in [3.05, 3.63) is 22.5 Å². The molecular weight excluding hydrogens is 232 g/mol. The molecule has 0 amide bonds. The van der Waals surface area contributed by atoms with Crippen molar-refractivity contribution in [2.75, 3.05) is 7.11 Å². The van der Waals surface area contributed by atoms with Gasteiger partial charge in [-0.2, -0.15) is 0 Å². The fraction of sp³-hybridized carbons (Fsp3) is 0.455. The van der Waals surface area contributed by atoms with Crippen molar-refractivity contribution in [1.82, 2.24) is 4.57 Å². The Morgan fingerprint density at radius 2 is 1.65 bits per heavy atom. The molecule has 0 N–H and O–H groups in total. The number of ether oxygens (including phenoxy) is 1. The zero-order chi connectivity index (χ0) is 13.3. The Morgan fingerprint density at radius 1 is 1.18 bits per heavy atom. The van der Waals surface area contributed by atoms with E-state index < -0.39 is 18.2 Å². The predicted octanol–water partition coefficient (Wildman–Crippen LogP) is 1.88. The molecule has 0 saturated heterocycles. The molecule has 0 saturated carbocycles. The van der Waals surface area contributed by atoms with Crippen LogP contribution in [0.15, 0.2) is 0 Å². The molecule has 0 aliphatic rings. The predicted molar refractivity (Wildman–Crippen MR) is 56.6 cm³/mol. The zero-order valence-electron chi connectivity index (χ0n) is 10.0. The number of carbonyl (C=O) groups is 2. The number of aromatic nitrogens is 1. The number of methoxy groups -OCH3 is 1. The third kappa shape index (κ3) is 2.07. The minimum Gasteiger partial charge on any atom is -0.465 e. The van der Waals surface area contributed by atoms with Gasteiger partial charge in [-0.05, 0) is 13.8 Å². The molecule has 0 radical (unpaired) electrons. The number of carbonyl (C=O) groups excluding carboxylic acids is 2. The summed E-state index contributed by atoms with van der Waals surface area (Å²) in [5.74, 6) is -2.14. The van der Waals surface area contributed by atoms with E-state index in [-0.39, 0.29) is 11.1 Å². The normalized spacial score (nSPS) is 10.8. The summed E-state index contributed by atoms with van der Waals surface area (Å²) in [6, 6.07) is 0. The number of esters is 1. The van der Waals surface area contributed by atoms with Crippen molar-refractivity contribution < 1.29 is 23.1 Å². The molecule has 4 nitrogen and oxygen atoms in total. The van der Waals surface area contributed by atoms with Gasteiger partial charge in [0.15, 0.2) is 0 Å². The second-order valence-electron chi connectivity index (χ2n) is 3.64. The Hall–Kier alpha value is -1.72. The summed E-state index contributed by atoms with van der Waals surface area (Å²) in [6.07, 6.45) is -3.14. The van der Waals surface area contributed by atoms with Crippen molar-refractivity contribution in [2.45, 2.75) is 20.3 Å². The SMILES string of the molecule is COC(=O)c1c(C(=O)C(F)F)c(C)n(C)c1C. The number of hydrogen-bond donors (Lipinski definition) is 0. The molecule has 0 fully saturated rings. The van der Waals surface area contributed by atoms with Gasteiger partial charge in [0.25, 0.3) is 0 Å². The van der Waals surface area contributed by atoms with Crippen molar-refractivity contribution in [3.63, 3.8) is 0 Å². The first kappa shape index (κ1) is 13.3. The fourth-order valence-electron chi connectivity index (χ4n) is 1.71. The molecule has 0 unspecified atom stereocenters. The summed E-state index contributed by atoms with van der Waals surface area (Å²) in [5, 5.41) is 0. The van der Waals surface area contributed by atoms with E-state index in [2.05, 4.69) is 4.74 Å². The molecule has 0 aliphatic heterocycles. The first-order valence-electron chi connectivity index (χ1n) is 4.89. The number of halogens is 2. The van der Waals surface area contributed by atoms with Crippen LogP contribution in [0, 0.1) is 13.8 Å². The van der Waals surface area contributed by atoms with Gasteiger partial charge < -0.3 is 9.30 Å². The lowest BCUT2D eigenvalue weighted by Gasteiger charge is -2.03. The van der Waals surface area contributed by atoms with Gasteiger partial charge in [0, 0.05) is 18.4 Å². The molecule has 1 heterocycles. The monoisotopic (exact) mass is 245 g/mol. The maximum Gasteiger partial charge on any atom is 0.340 e. The number of ketones is 1. The molecule has 6 heteroatoms. The van der Waals surface area contributed by atoms with Crippen molar-refractivity contribution in [3.8, 4) is 0 Å². The molecule has 0 atom stereocenters. The lowest BCUT2D eigenvalue weighted by Crippen LogP contribution is -2.16. The molecule has 1 aromatic rings. The van der Waals surface area contributed by atoms with E-state index in [1.165, 1.54) is 11.5 Å². The molecule has 0 aromatic carbocycles. The zero-order valence-corrected chi connectivity index (χ0v) is 10.0. The van der Waals surface area contributed by atoms with Crippen LogP contribution in [0.5, 0.6) is 0 Å². The van der Waals surface area contributed by atoms with E-state index in [9.17, 15) is 18.4 Å². The summed E-state index contributed by atoms with van der Waals surface area (Å²) in [6.45, 7) is 3.08. The standard InChI is InChI=1S/C11H13F2NO3/c1-5-7(9(15)10(12)13)8(11(16)17-4)6(2)14(5)3/h10H,1-4H3. The van der Waals surface area contributed by atoms with E-state index in [4.69, 9.17) is 0 Å². The molecule has 0 spiro atoms. The third-order valence-electron chi connectivity index (χ3n) is 2.81. The number of alkyl halides is 2. The van der Waals surface area contributed by atoms with Crippen LogP contribution in [-0.4, -0.2) is 29.9 Å². The highest BCUT2D eigenvalue weighted by molar-refractivity contribution is 6.09. The highest BCUT2D eigenvalue weighted by Gasteiger charge is 2.31. The van der Waals surface area contributed by atoms with Crippen LogP contribution in [0.4, 0.5) is 8.78 Å². The van der Waals surface area contributed by atoms with Crippen LogP contribution in [-0.2, 0) is 11.8 Å². The topological polar surface area (TPSA) is 48.3 Å². The van der Waals surface area contributed by atoms with Crippen molar-refractivity contribution in [1.29, 1.82) is 0 Å². The first-order chi connectivity index (χ1) is 7.82. The maximum atomic E-state index is 12.5. The second kappa shape index (κ2) is 4.65. The van der Waals surface area contributed by atoms with Crippen LogP contribution in [0.3, 0.4) is 0 Å². The van der Waals surface area contributed by atoms with E-state index in [1.807, 2.05) is 0 Å². The molecule has 1 rings (SSSR count). The minimum atomic E-state index is -3.14. The highest BCUT2D eigenvalue weighted by Crippen LogP contribution is 2.24. The third-order valence-corrected chi connectivity index (χ3v) is 2.81. The minimum absolute atomic E-state index is 0.0854. The molecule has 17 heavy (non-hydrogen) atoms. The van der Waals surface area contributed by atoms with Crippen LogP contribution in [0.1, 0.15) is 32.1 Å². The lowest BCUT2D eigenvalue weighted by atomic mass is 10.1. The molecule has 94 valence electrons. The molecule has 0 bridgehead atoms. The Bertz CT molecular complexity index is 478. The van der Waals surface area contributed by atoms with Gasteiger partial charge in [-0.3, -0.25) is 4.79 Å². The Morgan fingerprint density at radius 3 is 2.06 bits per heavy atom. The smallest absolute Gasteiger partial charge is 0.340 e. The number of rotatable bonds is 3. The average Bonchev–Trinajstić information content (AvgIpc) is 2.51. The molecule has 1 aromatic heterocycles. The Kier molecular flexibility index (Phi) is 3.65. The van der Waals surface area contributed by atoms with Crippen molar-refractivity contribution >= 4 is 11.8 Å². The largest absolute Gasteiger partial charge is 0.465 e. The van der Waals surface area contributed by atoms with E-state index in [1.54, 1.807) is 14.0 Å². The molecule has 0 aliphatic carbocycles. The summed E-state index contributed by atoms with van der Waals surface area (Å²) in [7, 11) is 2.74. The van der Waals surface area contributed by atoms with E-state index >= 15 is 0 Å². The van der Waals surface area contributed by atoms with Gasteiger partial charge in [-0.25, -0.2) is 13.6 Å². The van der Waals surface area contributed by atoms with Crippen LogP contribution in [0.25, 0.3) is 0 Å². The van der Waals surface area contributed by atoms with Gasteiger partial charge in [-0.15, -0.1) is 0 Å². The van der Waals surface area contributed by atoms with Gasteiger partial charge in [0.2, 0.25) is 5.78 Å². The van der Waals surface area contributed by atoms with Gasteiger partial charge in [0.1, 0.15) is 0 Å². The van der Waals surface area contributed by atoms with Gasteiger partial charge >= 0.3 is 12.4 Å². The van der Waals surface area contributed by atoms with Gasteiger partial charge in [-0.1, -0.05) is 0 Å². The van der Waals surface area contributed by atoms with Crippen molar-refractivity contribution in [2.24, 2.45) is 7.05 Å². The van der Waals surface area contributed by atoms with Gasteiger partial charge in [0.05, 0.1) is 18.2 Å². The Balaban J connectivity index is 3.52. The number of nitrogens with zero attached hydrogens (tertiary/aromatic N) is 1. The highest BCUT2D eigenvalue weighted by atomic mass is 19.3.